The summed E-state index contributed by atoms with van der Waals surface area (Å²) in [5.74, 6) is 0.744. The number of piperazine rings is 1. The number of aryl methyl sites for hydroxylation is 1. The molecule has 1 fully saturated rings. The van der Waals surface area contributed by atoms with Crippen molar-refractivity contribution in [2.75, 3.05) is 39.3 Å². The zero-order valence-electron chi connectivity index (χ0n) is 13.5. The van der Waals surface area contributed by atoms with Crippen LogP contribution in [0.25, 0.3) is 0 Å². The quantitative estimate of drug-likeness (QED) is 0.882. The highest BCUT2D eigenvalue weighted by atomic mass is 79.9. The van der Waals surface area contributed by atoms with Crippen LogP contribution in [0.5, 0.6) is 0 Å². The second kappa shape index (κ2) is 7.73. The lowest BCUT2D eigenvalue weighted by molar-refractivity contribution is 0.0910. The minimum absolute atomic E-state index is 0.321. The number of nitrogens with zero attached hydrogens (tertiary/aromatic N) is 2. The van der Waals surface area contributed by atoms with Crippen molar-refractivity contribution in [1.29, 1.82) is 0 Å². The molecule has 1 aromatic carbocycles. The van der Waals surface area contributed by atoms with Gasteiger partial charge in [-0.1, -0.05) is 41.9 Å². The summed E-state index contributed by atoms with van der Waals surface area (Å²) in [6.07, 6.45) is 0. The van der Waals surface area contributed by atoms with Crippen molar-refractivity contribution < 1.29 is 0 Å². The standard InChI is InChI=1S/C17H28BrN3/c1-13(2)12-20-6-8-21(9-7-20)17(11-19)15-5-4-14(3)10-16(15)18/h4-5,10,13,17H,6-9,11-12,19H2,1-3H3. The summed E-state index contributed by atoms with van der Waals surface area (Å²) < 4.78 is 1.18. The second-order valence-electron chi connectivity index (χ2n) is 6.51. The molecule has 2 N–H and O–H groups in total. The topological polar surface area (TPSA) is 32.5 Å². The highest BCUT2D eigenvalue weighted by molar-refractivity contribution is 9.10. The van der Waals surface area contributed by atoms with Gasteiger partial charge in [0.05, 0.1) is 0 Å². The summed E-state index contributed by atoms with van der Waals surface area (Å²) in [7, 11) is 0. The fourth-order valence-electron chi connectivity index (χ4n) is 3.15. The third kappa shape index (κ3) is 4.52. The molecule has 1 atom stereocenters. The molecular weight excluding hydrogens is 326 g/mol. The van der Waals surface area contributed by atoms with Crippen LogP contribution in [0, 0.1) is 12.8 Å². The maximum atomic E-state index is 6.08. The highest BCUT2D eigenvalue weighted by Crippen LogP contribution is 2.29. The lowest BCUT2D eigenvalue weighted by Gasteiger charge is -2.40. The minimum Gasteiger partial charge on any atom is -0.329 e. The van der Waals surface area contributed by atoms with E-state index in [1.807, 2.05) is 0 Å². The summed E-state index contributed by atoms with van der Waals surface area (Å²) in [6, 6.07) is 6.91. The Labute approximate surface area is 137 Å². The zero-order chi connectivity index (χ0) is 15.4. The normalized spacial score (nSPS) is 19.1. The van der Waals surface area contributed by atoms with Gasteiger partial charge >= 0.3 is 0 Å². The number of benzene rings is 1. The van der Waals surface area contributed by atoms with Crippen molar-refractivity contribution in [3.63, 3.8) is 0 Å². The third-order valence-corrected chi connectivity index (χ3v) is 4.90. The Kier molecular flexibility index (Phi) is 6.23. The molecule has 0 spiro atoms. The molecule has 1 aliphatic rings. The number of hydrogen-bond donors (Lipinski definition) is 1. The predicted molar refractivity (Wildman–Crippen MR) is 93.5 cm³/mol. The largest absolute Gasteiger partial charge is 0.329 e. The van der Waals surface area contributed by atoms with Crippen LogP contribution in [-0.2, 0) is 0 Å². The molecule has 0 radical (unpaired) electrons. The van der Waals surface area contributed by atoms with Crippen LogP contribution < -0.4 is 5.73 Å². The van der Waals surface area contributed by atoms with E-state index in [1.54, 1.807) is 0 Å². The smallest absolute Gasteiger partial charge is 0.0482 e. The van der Waals surface area contributed by atoms with Crippen molar-refractivity contribution in [2.24, 2.45) is 11.7 Å². The Hall–Kier alpha value is -0.420. The van der Waals surface area contributed by atoms with E-state index in [-0.39, 0.29) is 0 Å². The Balaban J connectivity index is 2.02. The van der Waals surface area contributed by atoms with Crippen LogP contribution in [0.1, 0.15) is 31.0 Å². The fraction of sp³-hybridized carbons (Fsp3) is 0.647. The average molecular weight is 354 g/mol. The maximum absolute atomic E-state index is 6.08. The lowest BCUT2D eigenvalue weighted by atomic mass is 10.0. The predicted octanol–water partition coefficient (Wildman–Crippen LogP) is 3.03. The van der Waals surface area contributed by atoms with Gasteiger partial charge in [-0.3, -0.25) is 4.90 Å². The van der Waals surface area contributed by atoms with Gasteiger partial charge in [-0.15, -0.1) is 0 Å². The van der Waals surface area contributed by atoms with Crippen molar-refractivity contribution >= 4 is 15.9 Å². The first-order chi connectivity index (χ1) is 10.0. The van der Waals surface area contributed by atoms with Crippen LogP contribution in [-0.4, -0.2) is 49.1 Å². The van der Waals surface area contributed by atoms with Crippen molar-refractivity contribution in [1.82, 2.24) is 9.80 Å². The minimum atomic E-state index is 0.321. The number of rotatable bonds is 5. The molecule has 0 amide bonds. The molecule has 1 aromatic rings. The van der Waals surface area contributed by atoms with Gasteiger partial charge in [0.15, 0.2) is 0 Å². The molecule has 21 heavy (non-hydrogen) atoms. The lowest BCUT2D eigenvalue weighted by Crippen LogP contribution is -2.49. The molecule has 4 heteroatoms. The molecule has 0 saturated carbocycles. The summed E-state index contributed by atoms with van der Waals surface area (Å²) in [5.41, 5.74) is 8.68. The monoisotopic (exact) mass is 353 g/mol. The zero-order valence-corrected chi connectivity index (χ0v) is 15.1. The van der Waals surface area contributed by atoms with Gasteiger partial charge in [-0.25, -0.2) is 0 Å². The van der Waals surface area contributed by atoms with Gasteiger partial charge in [0.2, 0.25) is 0 Å². The number of halogens is 1. The Morgan fingerprint density at radius 3 is 2.38 bits per heavy atom. The van der Waals surface area contributed by atoms with Gasteiger partial charge in [0, 0.05) is 49.8 Å². The molecular formula is C17H28BrN3. The van der Waals surface area contributed by atoms with Crippen molar-refractivity contribution in [2.45, 2.75) is 26.8 Å². The van der Waals surface area contributed by atoms with Crippen LogP contribution in [0.4, 0.5) is 0 Å². The van der Waals surface area contributed by atoms with E-state index >= 15 is 0 Å². The Bertz CT molecular complexity index is 453. The van der Waals surface area contributed by atoms with E-state index in [1.165, 1.54) is 22.1 Å². The molecule has 1 heterocycles. The first-order valence-corrected chi connectivity index (χ1v) is 8.73. The summed E-state index contributed by atoms with van der Waals surface area (Å²) in [5, 5.41) is 0. The molecule has 3 nitrogen and oxygen atoms in total. The second-order valence-corrected chi connectivity index (χ2v) is 7.36. The van der Waals surface area contributed by atoms with Gasteiger partial charge in [0.25, 0.3) is 0 Å². The average Bonchev–Trinajstić information content (AvgIpc) is 2.43. The van der Waals surface area contributed by atoms with Crippen LogP contribution in [0.3, 0.4) is 0 Å². The molecule has 2 rings (SSSR count). The molecule has 0 aliphatic carbocycles. The number of nitrogens with two attached hydrogens (primary N) is 1. The Morgan fingerprint density at radius 1 is 1.19 bits per heavy atom. The molecule has 1 unspecified atom stereocenters. The van der Waals surface area contributed by atoms with E-state index < -0.39 is 0 Å². The summed E-state index contributed by atoms with van der Waals surface area (Å²) in [4.78, 5) is 5.10. The third-order valence-electron chi connectivity index (χ3n) is 4.21. The van der Waals surface area contributed by atoms with E-state index in [4.69, 9.17) is 5.73 Å². The molecule has 118 valence electrons. The molecule has 1 aliphatic heterocycles. The van der Waals surface area contributed by atoms with E-state index in [9.17, 15) is 0 Å². The van der Waals surface area contributed by atoms with Gasteiger partial charge in [-0.2, -0.15) is 0 Å². The first-order valence-electron chi connectivity index (χ1n) is 7.93. The van der Waals surface area contributed by atoms with Gasteiger partial charge in [0.1, 0.15) is 0 Å². The molecule has 0 aromatic heterocycles. The van der Waals surface area contributed by atoms with Crippen LogP contribution in [0.15, 0.2) is 22.7 Å². The van der Waals surface area contributed by atoms with Crippen molar-refractivity contribution in [3.05, 3.63) is 33.8 Å². The van der Waals surface area contributed by atoms with E-state index in [0.29, 0.717) is 12.6 Å². The van der Waals surface area contributed by atoms with Crippen LogP contribution in [0.2, 0.25) is 0 Å². The van der Waals surface area contributed by atoms with E-state index in [0.717, 1.165) is 32.1 Å². The fourth-order valence-corrected chi connectivity index (χ4v) is 3.91. The first kappa shape index (κ1) is 16.9. The molecule has 0 bridgehead atoms. The Morgan fingerprint density at radius 2 is 1.86 bits per heavy atom. The number of hydrogen-bond acceptors (Lipinski definition) is 3. The highest BCUT2D eigenvalue weighted by Gasteiger charge is 2.25. The summed E-state index contributed by atoms with van der Waals surface area (Å²) >= 11 is 3.71. The maximum Gasteiger partial charge on any atom is 0.0482 e. The SMILES string of the molecule is Cc1ccc(C(CN)N2CCN(CC(C)C)CC2)c(Br)c1. The summed E-state index contributed by atoms with van der Waals surface area (Å²) in [6.45, 7) is 13.1. The van der Waals surface area contributed by atoms with Crippen LogP contribution >= 0.6 is 15.9 Å². The van der Waals surface area contributed by atoms with Gasteiger partial charge in [-0.05, 0) is 30.0 Å². The van der Waals surface area contributed by atoms with Gasteiger partial charge < -0.3 is 10.6 Å². The van der Waals surface area contributed by atoms with E-state index in [2.05, 4.69) is 64.7 Å². The molecule has 1 saturated heterocycles. The van der Waals surface area contributed by atoms with Crippen molar-refractivity contribution in [3.8, 4) is 0 Å².